The smallest absolute Gasteiger partial charge is 0.179 e. The lowest BCUT2D eigenvalue weighted by Gasteiger charge is -2.11. The molecular formula is C25H20N4O2. The van der Waals surface area contributed by atoms with Gasteiger partial charge in [-0.2, -0.15) is 0 Å². The summed E-state index contributed by atoms with van der Waals surface area (Å²) in [6, 6.07) is 22.7. The number of hydrogen-bond acceptors (Lipinski definition) is 5. The van der Waals surface area contributed by atoms with Gasteiger partial charge >= 0.3 is 0 Å². The second-order valence-electron chi connectivity index (χ2n) is 7.33. The van der Waals surface area contributed by atoms with Crippen LogP contribution in [-0.4, -0.2) is 32.9 Å². The molecule has 0 spiro atoms. The van der Waals surface area contributed by atoms with Crippen LogP contribution in [0.25, 0.3) is 33.3 Å². The summed E-state index contributed by atoms with van der Waals surface area (Å²) in [4.78, 5) is 24.7. The van der Waals surface area contributed by atoms with Gasteiger partial charge in [-0.05, 0) is 42.3 Å². The number of benzene rings is 3. The number of H-pyrrole nitrogens is 1. The van der Waals surface area contributed by atoms with Gasteiger partial charge in [-0.25, -0.2) is 9.97 Å². The Bertz CT molecular complexity index is 1390. The molecule has 0 aliphatic carbocycles. The number of fused-ring (bicyclic) bond motifs is 2. The third kappa shape index (κ3) is 3.59. The predicted molar refractivity (Wildman–Crippen MR) is 123 cm³/mol. The van der Waals surface area contributed by atoms with Crippen molar-refractivity contribution in [2.24, 2.45) is 0 Å². The third-order valence-corrected chi connectivity index (χ3v) is 5.33. The first-order chi connectivity index (χ1) is 15.2. The summed E-state index contributed by atoms with van der Waals surface area (Å²) in [7, 11) is 0. The number of nitrogens with one attached hydrogen (secondary N) is 2. The summed E-state index contributed by atoms with van der Waals surface area (Å²) in [5, 5.41) is 14.6. The van der Waals surface area contributed by atoms with Crippen LogP contribution in [0, 0.1) is 0 Å². The minimum Gasteiger partial charge on any atom is -0.508 e. The van der Waals surface area contributed by atoms with Crippen LogP contribution < -0.4 is 5.32 Å². The maximum Gasteiger partial charge on any atom is 0.179 e. The number of carbonyl (C=O) groups is 1. The Morgan fingerprint density at radius 2 is 1.65 bits per heavy atom. The summed E-state index contributed by atoms with van der Waals surface area (Å²) >= 11 is 0. The Hall–Kier alpha value is -4.19. The number of phenols is 1. The Morgan fingerprint density at radius 3 is 2.45 bits per heavy atom. The van der Waals surface area contributed by atoms with Gasteiger partial charge in [-0.3, -0.25) is 4.79 Å². The molecule has 0 atom stereocenters. The van der Waals surface area contributed by atoms with Crippen molar-refractivity contribution < 1.29 is 9.90 Å². The van der Waals surface area contributed by atoms with Gasteiger partial charge in [-0.15, -0.1) is 0 Å². The first-order valence-corrected chi connectivity index (χ1v) is 10.1. The molecule has 0 unspecified atom stereocenters. The molecule has 3 N–H and O–H groups in total. The Morgan fingerprint density at radius 1 is 0.903 bits per heavy atom. The average molecular weight is 408 g/mol. The highest BCUT2D eigenvalue weighted by Crippen LogP contribution is 2.30. The van der Waals surface area contributed by atoms with Crippen LogP contribution >= 0.6 is 0 Å². The molecule has 5 aromatic rings. The highest BCUT2D eigenvalue weighted by molar-refractivity contribution is 6.04. The monoisotopic (exact) mass is 408 g/mol. The van der Waals surface area contributed by atoms with Crippen LogP contribution in [0.15, 0.2) is 72.8 Å². The first kappa shape index (κ1) is 18.8. The van der Waals surface area contributed by atoms with Crippen LogP contribution in [0.5, 0.6) is 5.75 Å². The van der Waals surface area contributed by atoms with Crippen LogP contribution in [0.3, 0.4) is 0 Å². The number of aromatic nitrogens is 3. The molecule has 31 heavy (non-hydrogen) atoms. The van der Waals surface area contributed by atoms with Crippen LogP contribution in [0.1, 0.15) is 15.9 Å². The van der Waals surface area contributed by atoms with E-state index in [4.69, 9.17) is 9.97 Å². The zero-order valence-electron chi connectivity index (χ0n) is 16.7. The molecule has 0 amide bonds. The number of phenolic OH excluding ortho intramolecular Hbond substituents is 1. The quantitative estimate of drug-likeness (QED) is 0.346. The number of anilines is 1. The number of nitrogens with zero attached hydrogens (tertiary/aromatic N) is 2. The SMILES string of the molecule is O=Cc1c(-c2nc(NCCc3ccc(O)cc3)c3ccccc3n2)[nH]c2ccccc12. The fraction of sp³-hybridized carbons (Fsp3) is 0.0800. The topological polar surface area (TPSA) is 90.9 Å². The molecule has 0 saturated carbocycles. The van der Waals surface area contributed by atoms with Crippen molar-refractivity contribution >= 4 is 33.9 Å². The second kappa shape index (κ2) is 7.91. The molecule has 0 bridgehead atoms. The molecule has 3 aromatic carbocycles. The molecule has 0 aliphatic rings. The fourth-order valence-corrected chi connectivity index (χ4v) is 3.77. The van der Waals surface area contributed by atoms with Gasteiger partial charge in [-0.1, -0.05) is 42.5 Å². The van der Waals surface area contributed by atoms with Crippen molar-refractivity contribution in [1.82, 2.24) is 15.0 Å². The number of para-hydroxylation sites is 2. The molecule has 5 rings (SSSR count). The normalized spacial score (nSPS) is 11.1. The summed E-state index contributed by atoms with van der Waals surface area (Å²) < 4.78 is 0. The standard InChI is InChI=1S/C25H20N4O2/c30-15-20-18-5-1-3-7-21(18)27-23(20)25-28-22-8-4-2-6-19(22)24(29-25)26-14-13-16-9-11-17(31)12-10-16/h1-12,15,27,31H,13-14H2,(H,26,28,29). The Labute approximate surface area is 178 Å². The first-order valence-electron chi connectivity index (χ1n) is 10.1. The molecule has 6 heteroatoms. The molecule has 0 aliphatic heterocycles. The molecular weight excluding hydrogens is 388 g/mol. The van der Waals surface area contributed by atoms with Crippen LogP contribution in [0.2, 0.25) is 0 Å². The van der Waals surface area contributed by atoms with Crippen molar-refractivity contribution in [3.8, 4) is 17.3 Å². The third-order valence-electron chi connectivity index (χ3n) is 5.33. The van der Waals surface area contributed by atoms with E-state index in [1.807, 2.05) is 60.7 Å². The van der Waals surface area contributed by atoms with Gasteiger partial charge < -0.3 is 15.4 Å². The summed E-state index contributed by atoms with van der Waals surface area (Å²) in [5.74, 6) is 1.45. The Kier molecular flexibility index (Phi) is 4.80. The molecule has 2 aromatic heterocycles. The number of carbonyl (C=O) groups excluding carboxylic acids is 1. The van der Waals surface area contributed by atoms with E-state index in [0.717, 1.165) is 45.9 Å². The molecule has 152 valence electrons. The van der Waals surface area contributed by atoms with E-state index in [-0.39, 0.29) is 5.75 Å². The lowest BCUT2D eigenvalue weighted by atomic mass is 10.1. The van der Waals surface area contributed by atoms with E-state index in [9.17, 15) is 9.90 Å². The lowest BCUT2D eigenvalue weighted by Crippen LogP contribution is -2.08. The molecule has 0 radical (unpaired) electrons. The molecule has 6 nitrogen and oxygen atoms in total. The van der Waals surface area contributed by atoms with E-state index in [1.165, 1.54) is 0 Å². The van der Waals surface area contributed by atoms with Crippen molar-refractivity contribution in [3.05, 3.63) is 83.9 Å². The van der Waals surface area contributed by atoms with Gasteiger partial charge in [0, 0.05) is 22.8 Å². The van der Waals surface area contributed by atoms with Crippen LogP contribution in [0.4, 0.5) is 5.82 Å². The summed E-state index contributed by atoms with van der Waals surface area (Å²) in [6.45, 7) is 0.665. The highest BCUT2D eigenvalue weighted by atomic mass is 16.3. The number of hydrogen-bond donors (Lipinski definition) is 3. The molecule has 2 heterocycles. The number of aromatic amines is 1. The van der Waals surface area contributed by atoms with Gasteiger partial charge in [0.05, 0.1) is 16.8 Å². The van der Waals surface area contributed by atoms with Crippen LogP contribution in [-0.2, 0) is 6.42 Å². The zero-order valence-corrected chi connectivity index (χ0v) is 16.7. The number of aromatic hydroxyl groups is 1. The van der Waals surface area contributed by atoms with Crippen molar-refractivity contribution in [1.29, 1.82) is 0 Å². The summed E-state index contributed by atoms with van der Waals surface area (Å²) in [6.07, 6.45) is 1.63. The van der Waals surface area contributed by atoms with Gasteiger partial charge in [0.15, 0.2) is 12.1 Å². The van der Waals surface area contributed by atoms with Gasteiger partial charge in [0.25, 0.3) is 0 Å². The predicted octanol–water partition coefficient (Wildman–Crippen LogP) is 4.95. The van der Waals surface area contributed by atoms with E-state index in [1.54, 1.807) is 12.1 Å². The largest absolute Gasteiger partial charge is 0.508 e. The number of aldehydes is 1. The highest BCUT2D eigenvalue weighted by Gasteiger charge is 2.17. The Balaban J connectivity index is 1.53. The second-order valence-corrected chi connectivity index (χ2v) is 7.33. The van der Waals surface area contributed by atoms with Gasteiger partial charge in [0.2, 0.25) is 0 Å². The average Bonchev–Trinajstić information content (AvgIpc) is 3.19. The van der Waals surface area contributed by atoms with Crippen molar-refractivity contribution in [2.75, 3.05) is 11.9 Å². The van der Waals surface area contributed by atoms with E-state index in [2.05, 4.69) is 10.3 Å². The van der Waals surface area contributed by atoms with E-state index >= 15 is 0 Å². The minimum atomic E-state index is 0.257. The fourth-order valence-electron chi connectivity index (χ4n) is 3.77. The lowest BCUT2D eigenvalue weighted by molar-refractivity contribution is 0.112. The van der Waals surface area contributed by atoms with E-state index in [0.29, 0.717) is 23.6 Å². The number of rotatable bonds is 6. The zero-order chi connectivity index (χ0) is 21.2. The van der Waals surface area contributed by atoms with Crippen molar-refractivity contribution in [2.45, 2.75) is 6.42 Å². The van der Waals surface area contributed by atoms with E-state index < -0.39 is 0 Å². The minimum absolute atomic E-state index is 0.257. The summed E-state index contributed by atoms with van der Waals surface area (Å²) in [5.41, 5.74) is 3.96. The van der Waals surface area contributed by atoms with Crippen molar-refractivity contribution in [3.63, 3.8) is 0 Å². The van der Waals surface area contributed by atoms with Gasteiger partial charge in [0.1, 0.15) is 11.6 Å². The maximum atomic E-state index is 11.9. The maximum absolute atomic E-state index is 11.9. The molecule has 0 fully saturated rings. The molecule has 0 saturated heterocycles.